The molecule has 1 N–H and O–H groups in total. The highest BCUT2D eigenvalue weighted by Crippen LogP contribution is 2.30. The van der Waals surface area contributed by atoms with Crippen LogP contribution in [0.2, 0.25) is 0 Å². The van der Waals surface area contributed by atoms with E-state index in [4.69, 9.17) is 18.3 Å². The summed E-state index contributed by atoms with van der Waals surface area (Å²) in [5.41, 5.74) is 1.46. The summed E-state index contributed by atoms with van der Waals surface area (Å²) in [7, 11) is 0. The molecule has 2 heterocycles. The Balaban J connectivity index is 1.76. The Hall–Kier alpha value is -2.73. The van der Waals surface area contributed by atoms with Crippen molar-refractivity contribution >= 4 is 0 Å². The minimum Gasteiger partial charge on any atom is -0.490 e. The third-order valence-corrected chi connectivity index (χ3v) is 3.48. The lowest BCUT2D eigenvalue weighted by atomic mass is 10.2. The van der Waals surface area contributed by atoms with Gasteiger partial charge in [-0.1, -0.05) is 6.07 Å². The Morgan fingerprint density at radius 1 is 1.17 bits per heavy atom. The van der Waals surface area contributed by atoms with Crippen molar-refractivity contribution in [2.75, 3.05) is 6.61 Å². The first-order valence-corrected chi connectivity index (χ1v) is 7.70. The molecule has 0 saturated carbocycles. The number of benzene rings is 1. The molecule has 0 amide bonds. The second-order valence-electron chi connectivity index (χ2n) is 5.16. The van der Waals surface area contributed by atoms with Crippen LogP contribution < -0.4 is 9.47 Å². The van der Waals surface area contributed by atoms with Crippen LogP contribution >= 0.6 is 0 Å². The topological polar surface area (TPSA) is 77.9 Å². The number of hydrogen-bond donors (Lipinski definition) is 1. The minimum atomic E-state index is -0.0464. The van der Waals surface area contributed by atoms with Crippen LogP contribution in [-0.2, 0) is 13.2 Å². The van der Waals surface area contributed by atoms with Crippen molar-refractivity contribution in [2.45, 2.75) is 27.1 Å². The van der Waals surface area contributed by atoms with Crippen LogP contribution in [0.25, 0.3) is 11.7 Å². The Bertz CT molecular complexity index is 792. The molecule has 0 bridgehead atoms. The van der Waals surface area contributed by atoms with Crippen molar-refractivity contribution in [3.05, 3.63) is 53.6 Å². The summed E-state index contributed by atoms with van der Waals surface area (Å²) in [6, 6.07) is 8.91. The fraction of sp³-hybridized carbons (Fsp3) is 0.278. The summed E-state index contributed by atoms with van der Waals surface area (Å²) in [6.07, 6.45) is 1.57. The largest absolute Gasteiger partial charge is 0.490 e. The molecule has 0 atom stereocenters. The number of aliphatic hydroxyl groups is 1. The zero-order chi connectivity index (χ0) is 16.9. The number of furan rings is 1. The van der Waals surface area contributed by atoms with E-state index in [1.54, 1.807) is 36.6 Å². The number of rotatable bonds is 7. The number of aliphatic hydroxyl groups excluding tert-OH is 1. The van der Waals surface area contributed by atoms with E-state index in [9.17, 15) is 5.11 Å². The second kappa shape index (κ2) is 7.23. The van der Waals surface area contributed by atoms with E-state index < -0.39 is 0 Å². The van der Waals surface area contributed by atoms with E-state index in [1.807, 2.05) is 13.8 Å². The lowest BCUT2D eigenvalue weighted by Crippen LogP contribution is -2.01. The highest BCUT2D eigenvalue weighted by Gasteiger charge is 2.15. The van der Waals surface area contributed by atoms with Crippen LogP contribution in [0.5, 0.6) is 11.5 Å². The summed E-state index contributed by atoms with van der Waals surface area (Å²) in [5.74, 6) is 2.86. The lowest BCUT2D eigenvalue weighted by molar-refractivity contribution is 0.261. The van der Waals surface area contributed by atoms with Gasteiger partial charge in [0.2, 0.25) is 0 Å². The van der Waals surface area contributed by atoms with Crippen molar-refractivity contribution in [1.82, 2.24) is 4.98 Å². The Labute approximate surface area is 139 Å². The molecular weight excluding hydrogens is 310 g/mol. The van der Waals surface area contributed by atoms with Crippen LogP contribution in [0.15, 0.2) is 45.4 Å². The van der Waals surface area contributed by atoms with Gasteiger partial charge in [-0.25, -0.2) is 4.98 Å². The third-order valence-electron chi connectivity index (χ3n) is 3.48. The van der Waals surface area contributed by atoms with Gasteiger partial charge in [0.15, 0.2) is 17.3 Å². The van der Waals surface area contributed by atoms with Crippen molar-refractivity contribution < 1.29 is 23.4 Å². The van der Waals surface area contributed by atoms with Crippen LogP contribution in [0, 0.1) is 6.92 Å². The molecule has 0 aliphatic carbocycles. The Morgan fingerprint density at radius 3 is 2.75 bits per heavy atom. The third kappa shape index (κ3) is 3.44. The number of hydrogen-bond acceptors (Lipinski definition) is 6. The quantitative estimate of drug-likeness (QED) is 0.712. The molecule has 2 aromatic heterocycles. The number of aromatic nitrogens is 1. The first-order valence-electron chi connectivity index (χ1n) is 7.70. The fourth-order valence-electron chi connectivity index (χ4n) is 2.25. The van der Waals surface area contributed by atoms with Crippen molar-refractivity contribution in [3.8, 4) is 23.1 Å². The molecule has 6 heteroatoms. The molecule has 0 aliphatic heterocycles. The Morgan fingerprint density at radius 2 is 2.04 bits per heavy atom. The molecule has 3 aromatic rings. The average molecular weight is 329 g/mol. The standard InChI is InChI=1S/C18H19NO5/c1-3-21-17-9-13(10-20)6-7-15(17)23-11-14-12(2)24-18(19-14)16-5-4-8-22-16/h4-9,20H,3,10-11H2,1-2H3. The molecule has 0 fully saturated rings. The normalized spacial score (nSPS) is 10.8. The molecule has 24 heavy (non-hydrogen) atoms. The molecule has 0 spiro atoms. The van der Waals surface area contributed by atoms with Crippen LogP contribution in [-0.4, -0.2) is 16.7 Å². The van der Waals surface area contributed by atoms with E-state index in [0.717, 1.165) is 5.56 Å². The molecule has 1 aromatic carbocycles. The molecule has 3 rings (SSSR count). The van der Waals surface area contributed by atoms with Crippen molar-refractivity contribution in [1.29, 1.82) is 0 Å². The first-order chi connectivity index (χ1) is 11.7. The monoisotopic (exact) mass is 329 g/mol. The molecule has 0 unspecified atom stereocenters. The first kappa shape index (κ1) is 16.1. The average Bonchev–Trinajstić information content (AvgIpc) is 3.23. The maximum atomic E-state index is 9.23. The lowest BCUT2D eigenvalue weighted by Gasteiger charge is -2.12. The van der Waals surface area contributed by atoms with Gasteiger partial charge in [-0.3, -0.25) is 0 Å². The smallest absolute Gasteiger partial charge is 0.263 e. The van der Waals surface area contributed by atoms with Gasteiger partial charge in [0, 0.05) is 0 Å². The summed E-state index contributed by atoms with van der Waals surface area (Å²) < 4.78 is 22.3. The van der Waals surface area contributed by atoms with Gasteiger partial charge in [-0.15, -0.1) is 0 Å². The zero-order valence-electron chi connectivity index (χ0n) is 13.6. The maximum Gasteiger partial charge on any atom is 0.263 e. The number of aryl methyl sites for hydroxylation is 1. The van der Waals surface area contributed by atoms with E-state index in [2.05, 4.69) is 4.98 Å². The highest BCUT2D eigenvalue weighted by molar-refractivity contribution is 5.45. The Kier molecular flexibility index (Phi) is 4.86. The minimum absolute atomic E-state index is 0.0464. The van der Waals surface area contributed by atoms with Crippen LogP contribution in [0.4, 0.5) is 0 Å². The number of nitrogens with zero attached hydrogens (tertiary/aromatic N) is 1. The molecule has 0 aliphatic rings. The SMILES string of the molecule is CCOc1cc(CO)ccc1OCc1nc(-c2ccco2)oc1C. The predicted octanol–water partition coefficient (Wildman–Crippen LogP) is 3.71. The molecule has 6 nitrogen and oxygen atoms in total. The molecule has 0 saturated heterocycles. The molecular formula is C18H19NO5. The molecule has 126 valence electrons. The second-order valence-corrected chi connectivity index (χ2v) is 5.16. The summed E-state index contributed by atoms with van der Waals surface area (Å²) in [5, 5.41) is 9.23. The summed E-state index contributed by atoms with van der Waals surface area (Å²) >= 11 is 0. The zero-order valence-corrected chi connectivity index (χ0v) is 13.6. The maximum absolute atomic E-state index is 9.23. The van der Waals surface area contributed by atoms with Gasteiger partial charge < -0.3 is 23.4 Å². The summed E-state index contributed by atoms with van der Waals surface area (Å²) in [6.45, 7) is 4.43. The number of oxazole rings is 1. The van der Waals surface area contributed by atoms with E-state index >= 15 is 0 Å². The van der Waals surface area contributed by atoms with Crippen LogP contribution in [0.1, 0.15) is 23.9 Å². The number of ether oxygens (including phenoxy) is 2. The van der Waals surface area contributed by atoms with E-state index in [1.165, 1.54) is 0 Å². The van der Waals surface area contributed by atoms with Crippen molar-refractivity contribution in [3.63, 3.8) is 0 Å². The highest BCUT2D eigenvalue weighted by atomic mass is 16.5. The van der Waals surface area contributed by atoms with Gasteiger partial charge in [-0.2, -0.15) is 0 Å². The summed E-state index contributed by atoms with van der Waals surface area (Å²) in [4.78, 5) is 4.41. The van der Waals surface area contributed by atoms with E-state index in [0.29, 0.717) is 41.2 Å². The van der Waals surface area contributed by atoms with Gasteiger partial charge >= 0.3 is 0 Å². The van der Waals surface area contributed by atoms with E-state index in [-0.39, 0.29) is 13.2 Å². The van der Waals surface area contributed by atoms with Gasteiger partial charge in [-0.05, 0) is 43.7 Å². The van der Waals surface area contributed by atoms with Gasteiger partial charge in [0.25, 0.3) is 5.89 Å². The fourth-order valence-corrected chi connectivity index (χ4v) is 2.25. The van der Waals surface area contributed by atoms with Gasteiger partial charge in [0.05, 0.1) is 19.5 Å². The van der Waals surface area contributed by atoms with Crippen molar-refractivity contribution in [2.24, 2.45) is 0 Å². The van der Waals surface area contributed by atoms with Crippen LogP contribution in [0.3, 0.4) is 0 Å². The molecule has 0 radical (unpaired) electrons. The van der Waals surface area contributed by atoms with Gasteiger partial charge in [0.1, 0.15) is 18.1 Å². The predicted molar refractivity (Wildman–Crippen MR) is 86.8 cm³/mol.